The maximum Gasteiger partial charge on any atom is 0.410 e. The number of aromatic nitrogens is 1. The molecule has 1 aromatic heterocycles. The Morgan fingerprint density at radius 1 is 1.02 bits per heavy atom. The Bertz CT molecular complexity index is 2010. The van der Waals surface area contributed by atoms with Gasteiger partial charge in [0.15, 0.2) is 0 Å². The van der Waals surface area contributed by atoms with Crippen molar-refractivity contribution in [1.82, 2.24) is 15.2 Å². The highest BCUT2D eigenvalue weighted by Gasteiger charge is 2.45. The van der Waals surface area contributed by atoms with Gasteiger partial charge in [-0.15, -0.1) is 6.42 Å². The van der Waals surface area contributed by atoms with Crippen LogP contribution in [0.25, 0.3) is 0 Å². The molecule has 0 unspecified atom stereocenters. The van der Waals surface area contributed by atoms with Gasteiger partial charge in [-0.3, -0.25) is 14.5 Å². The molecule has 0 radical (unpaired) electrons. The van der Waals surface area contributed by atoms with E-state index in [9.17, 15) is 14.0 Å². The summed E-state index contributed by atoms with van der Waals surface area (Å²) in [6, 6.07) is 12.0. The number of hydrogen-bond acceptors (Lipinski definition) is 7. The molecule has 1 aliphatic rings. The van der Waals surface area contributed by atoms with Gasteiger partial charge < -0.3 is 24.1 Å². The molecule has 3 amide bonds. The average Bonchev–Trinajstić information content (AvgIpc) is 3.39. The van der Waals surface area contributed by atoms with E-state index in [0.29, 0.717) is 42.4 Å². The van der Waals surface area contributed by atoms with Crippen LogP contribution in [-0.4, -0.2) is 74.0 Å². The van der Waals surface area contributed by atoms with Gasteiger partial charge in [0.1, 0.15) is 35.9 Å². The van der Waals surface area contributed by atoms with E-state index in [4.69, 9.17) is 25.3 Å². The number of rotatable bonds is 14. The maximum atomic E-state index is 15.2. The van der Waals surface area contributed by atoms with Gasteiger partial charge in [0.05, 0.1) is 11.4 Å². The lowest BCUT2D eigenvalue weighted by Crippen LogP contribution is -2.56. The molecule has 10 nitrogen and oxygen atoms in total. The minimum absolute atomic E-state index is 0.110. The van der Waals surface area contributed by atoms with Crippen LogP contribution in [0.1, 0.15) is 104 Å². The molecule has 0 saturated carbocycles. The first-order chi connectivity index (χ1) is 26.9. The zero-order chi connectivity index (χ0) is 43.4. The Labute approximate surface area is 346 Å². The summed E-state index contributed by atoms with van der Waals surface area (Å²) in [5.74, 6) is 2.48. The fourth-order valence-corrected chi connectivity index (χ4v) is 7.70. The topological polar surface area (TPSA) is 110 Å². The van der Waals surface area contributed by atoms with E-state index >= 15 is 4.79 Å². The van der Waals surface area contributed by atoms with E-state index in [0.717, 1.165) is 22.3 Å². The Morgan fingerprint density at radius 3 is 2.24 bits per heavy atom. The normalized spacial score (nSPS) is 14.8. The molecule has 2 atom stereocenters. The first kappa shape index (κ1) is 45.8. The molecule has 58 heavy (non-hydrogen) atoms. The van der Waals surface area contributed by atoms with E-state index in [1.54, 1.807) is 37.8 Å². The minimum Gasteiger partial charge on any atom is -0.530 e. The highest BCUT2D eigenvalue weighted by Crippen LogP contribution is 2.45. The largest absolute Gasteiger partial charge is 0.530 e. The first-order valence-electron chi connectivity index (χ1n) is 20.1. The highest BCUT2D eigenvalue weighted by molar-refractivity contribution is 6.74. The Hall–Kier alpha value is -4.89. The number of benzene rings is 2. The molecule has 0 bridgehead atoms. The number of aryl methyl sites for hydroxylation is 1. The number of fused-ring (bicyclic) bond motifs is 1. The predicted octanol–water partition coefficient (Wildman–Crippen LogP) is 8.77. The number of likely N-dealkylation sites (N-methyl/N-ethyl adjacent to an activating group) is 1. The number of anilines is 1. The lowest BCUT2D eigenvalue weighted by molar-refractivity contribution is -0.130. The molecule has 4 rings (SSSR count). The van der Waals surface area contributed by atoms with Gasteiger partial charge in [0.2, 0.25) is 17.7 Å². The molecule has 2 heterocycles. The summed E-state index contributed by atoms with van der Waals surface area (Å²) in [5.41, 5.74) is 3.43. The first-order valence-corrected chi connectivity index (χ1v) is 23.1. The lowest BCUT2D eigenvalue weighted by Gasteiger charge is -2.36. The maximum absolute atomic E-state index is 15.2. The van der Waals surface area contributed by atoms with Crippen LogP contribution in [0.15, 0.2) is 48.5 Å². The second kappa shape index (κ2) is 17.9. The molecule has 0 saturated heterocycles. The van der Waals surface area contributed by atoms with Gasteiger partial charge in [-0.25, -0.2) is 14.2 Å². The third-order valence-corrected chi connectivity index (χ3v) is 15.3. The Kier molecular flexibility index (Phi) is 14.2. The summed E-state index contributed by atoms with van der Waals surface area (Å²) in [6.45, 7) is 24.5. The number of halogens is 1. The van der Waals surface area contributed by atoms with Crippen LogP contribution < -0.4 is 19.4 Å². The molecule has 0 spiro atoms. The monoisotopic (exact) mass is 814 g/mol. The van der Waals surface area contributed by atoms with Crippen molar-refractivity contribution in [3.63, 3.8) is 0 Å². The number of ether oxygens (including phenoxy) is 2. The van der Waals surface area contributed by atoms with Gasteiger partial charge in [-0.05, 0) is 98.8 Å². The van der Waals surface area contributed by atoms with Crippen molar-refractivity contribution >= 4 is 31.9 Å². The molecule has 1 aliphatic heterocycles. The van der Waals surface area contributed by atoms with Crippen LogP contribution in [0.4, 0.5) is 14.9 Å². The van der Waals surface area contributed by atoms with Crippen LogP contribution in [0.2, 0.25) is 18.1 Å². The van der Waals surface area contributed by atoms with E-state index < -0.39 is 43.4 Å². The number of carbonyl (C=O) groups is 3. The van der Waals surface area contributed by atoms with Gasteiger partial charge in [-0.1, -0.05) is 72.6 Å². The van der Waals surface area contributed by atoms with Crippen molar-refractivity contribution < 1.29 is 32.7 Å². The van der Waals surface area contributed by atoms with Crippen molar-refractivity contribution in [2.24, 2.45) is 0 Å². The summed E-state index contributed by atoms with van der Waals surface area (Å²) in [4.78, 5) is 50.7. The molecule has 0 aliphatic carbocycles. The molecular formula is C46H63FN4O6Si. The summed E-state index contributed by atoms with van der Waals surface area (Å²) < 4.78 is 32.1. The highest BCUT2D eigenvalue weighted by atomic mass is 28.4. The van der Waals surface area contributed by atoms with Gasteiger partial charge in [0, 0.05) is 37.4 Å². The molecule has 1 N–H and O–H groups in total. The van der Waals surface area contributed by atoms with Crippen LogP contribution in [0.3, 0.4) is 0 Å². The number of amides is 3. The third-order valence-electron chi connectivity index (χ3n) is 11.0. The zero-order valence-electron chi connectivity index (χ0n) is 36.8. The van der Waals surface area contributed by atoms with Crippen LogP contribution in [-0.2, 0) is 39.0 Å². The summed E-state index contributed by atoms with van der Waals surface area (Å²) in [6.07, 6.45) is 6.29. The zero-order valence-corrected chi connectivity index (χ0v) is 37.8. The van der Waals surface area contributed by atoms with Crippen molar-refractivity contribution in [2.45, 2.75) is 136 Å². The van der Waals surface area contributed by atoms with Gasteiger partial charge >= 0.3 is 6.09 Å². The molecule has 0 fully saturated rings. The van der Waals surface area contributed by atoms with Crippen molar-refractivity contribution in [1.29, 1.82) is 0 Å². The van der Waals surface area contributed by atoms with Gasteiger partial charge in [-0.2, -0.15) is 0 Å². The molecule has 12 heteroatoms. The van der Waals surface area contributed by atoms with E-state index in [2.05, 4.69) is 45.1 Å². The predicted molar refractivity (Wildman–Crippen MR) is 231 cm³/mol. The Balaban J connectivity index is 1.83. The minimum atomic E-state index is -2.37. The number of nitrogens with zero attached hydrogens (tertiary/aromatic N) is 3. The van der Waals surface area contributed by atoms with Crippen LogP contribution in [0.5, 0.6) is 11.6 Å². The second-order valence-electron chi connectivity index (χ2n) is 18.4. The smallest absolute Gasteiger partial charge is 0.410 e. The second-order valence-corrected chi connectivity index (χ2v) is 23.1. The fourth-order valence-electron chi connectivity index (χ4n) is 6.73. The standard InChI is InChI=1S/C46H63FN4O6Si/c1-15-24-55-35-23-20-32(31(16-2)26-35)27-36(48-40(52)37(17-3)50(12)43(54)56-44(4,5)6)42(53)51-29-46(10,11)39-38(51)28-33(25-30-18-21-34(47)22-19-30)41(49-39)57-58(13,14)45(7,8)9/h1,18-23,26,28,36-37H,16-17,24-25,27,29H2,2-14H3,(H,48,52)/t36-,37-/m0/s1. The summed E-state index contributed by atoms with van der Waals surface area (Å²) in [5, 5.41) is 2.95. The molecule has 3 aromatic rings. The number of pyridine rings is 1. The van der Waals surface area contributed by atoms with Crippen LogP contribution in [0, 0.1) is 18.2 Å². The average molecular weight is 815 g/mol. The van der Waals surface area contributed by atoms with E-state index in [-0.39, 0.29) is 36.2 Å². The summed E-state index contributed by atoms with van der Waals surface area (Å²) in [7, 11) is -0.845. The fraction of sp³-hybridized carbons (Fsp3) is 0.522. The van der Waals surface area contributed by atoms with E-state index in [1.807, 2.05) is 52.0 Å². The molecule has 2 aromatic carbocycles. The van der Waals surface area contributed by atoms with Crippen molar-refractivity contribution in [3.8, 4) is 24.0 Å². The molecule has 314 valence electrons. The molecular weight excluding hydrogens is 752 g/mol. The third kappa shape index (κ3) is 11.0. The van der Waals surface area contributed by atoms with Crippen LogP contribution >= 0.6 is 0 Å². The quantitative estimate of drug-likeness (QED) is 0.128. The Morgan fingerprint density at radius 2 is 1.67 bits per heavy atom. The van der Waals surface area contributed by atoms with E-state index in [1.165, 1.54) is 24.1 Å². The van der Waals surface area contributed by atoms with Crippen molar-refractivity contribution in [2.75, 3.05) is 25.1 Å². The number of terminal acetylenes is 1. The number of carbonyl (C=O) groups excluding carboxylic acids is 3. The van der Waals surface area contributed by atoms with Gasteiger partial charge in [0.25, 0.3) is 8.32 Å². The SMILES string of the molecule is C#CCOc1ccc(C[C@H](NC(=O)[C@H](CC)N(C)C(=O)OC(C)(C)C)C(=O)N2CC(C)(C)c3nc(O[Si](C)(C)C(C)(C)C)c(Cc4ccc(F)cc4)cc32)c(CC)c1. The lowest BCUT2D eigenvalue weighted by atomic mass is 9.90. The number of nitrogens with one attached hydrogen (secondary N) is 1. The van der Waals surface area contributed by atoms with Crippen molar-refractivity contribution in [3.05, 3.63) is 82.3 Å². The summed E-state index contributed by atoms with van der Waals surface area (Å²) >= 11 is 0. The number of hydrogen-bond donors (Lipinski definition) is 1.